The van der Waals surface area contributed by atoms with Gasteiger partial charge in [-0.25, -0.2) is 13.2 Å². The van der Waals surface area contributed by atoms with Gasteiger partial charge in [-0.15, -0.1) is 5.10 Å². The van der Waals surface area contributed by atoms with Crippen LogP contribution in [-0.2, 0) is 0 Å². The highest BCUT2D eigenvalue weighted by Crippen LogP contribution is 2.12. The van der Waals surface area contributed by atoms with Crippen molar-refractivity contribution in [1.82, 2.24) is 0 Å². The summed E-state index contributed by atoms with van der Waals surface area (Å²) in [7, 11) is 0. The van der Waals surface area contributed by atoms with Gasteiger partial charge in [-0.3, -0.25) is 0 Å². The van der Waals surface area contributed by atoms with Gasteiger partial charge in [0, 0.05) is 12.1 Å². The summed E-state index contributed by atoms with van der Waals surface area (Å²) in [5.41, 5.74) is 9.33. The highest BCUT2D eigenvalue weighted by atomic mass is 19.1. The molecule has 0 amide bonds. The normalized spacial score (nSPS) is 10.6. The van der Waals surface area contributed by atoms with Gasteiger partial charge in [0.2, 0.25) is 5.96 Å². The van der Waals surface area contributed by atoms with Crippen molar-refractivity contribution in [2.75, 3.05) is 0 Å². The predicted molar refractivity (Wildman–Crippen MR) is 49.7 cm³/mol. The second-order valence-electron chi connectivity index (χ2n) is 2.55. The van der Waals surface area contributed by atoms with Gasteiger partial charge in [0.25, 0.3) is 0 Å². The largest absolute Gasteiger partial charge is 0.369 e. The van der Waals surface area contributed by atoms with Gasteiger partial charge in [-0.2, -0.15) is 5.10 Å². The van der Waals surface area contributed by atoms with Crippen LogP contribution in [-0.4, -0.2) is 12.2 Å². The van der Waals surface area contributed by atoms with Crippen molar-refractivity contribution < 1.29 is 13.2 Å². The number of rotatable bonds is 2. The molecule has 0 radical (unpaired) electrons. The lowest BCUT2D eigenvalue weighted by Gasteiger charge is -1.97. The Bertz CT molecular complexity index is 401. The van der Waals surface area contributed by atoms with Gasteiger partial charge >= 0.3 is 0 Å². The SMILES string of the molecule is NC(N)=NN=Cc1c(F)cc(F)cc1F. The maximum Gasteiger partial charge on any atom is 0.211 e. The number of halogens is 3. The smallest absolute Gasteiger partial charge is 0.211 e. The van der Waals surface area contributed by atoms with E-state index in [9.17, 15) is 13.2 Å². The van der Waals surface area contributed by atoms with Crippen molar-refractivity contribution in [3.05, 3.63) is 35.1 Å². The molecule has 0 spiro atoms. The van der Waals surface area contributed by atoms with E-state index in [1.54, 1.807) is 0 Å². The van der Waals surface area contributed by atoms with E-state index >= 15 is 0 Å². The Balaban J connectivity index is 3.05. The van der Waals surface area contributed by atoms with Crippen molar-refractivity contribution in [3.8, 4) is 0 Å². The molecule has 1 rings (SSSR count). The maximum absolute atomic E-state index is 13.0. The van der Waals surface area contributed by atoms with Gasteiger partial charge in [-0.1, -0.05) is 0 Å². The van der Waals surface area contributed by atoms with Crippen LogP contribution in [0.15, 0.2) is 22.3 Å². The molecule has 0 saturated carbocycles. The molecule has 0 bridgehead atoms. The predicted octanol–water partition coefficient (Wildman–Crippen LogP) is 0.711. The minimum absolute atomic E-state index is 0.353. The Morgan fingerprint density at radius 3 is 2.13 bits per heavy atom. The van der Waals surface area contributed by atoms with E-state index in [4.69, 9.17) is 11.5 Å². The highest BCUT2D eigenvalue weighted by molar-refractivity contribution is 5.82. The van der Waals surface area contributed by atoms with Crippen LogP contribution in [0.4, 0.5) is 13.2 Å². The van der Waals surface area contributed by atoms with E-state index in [0.29, 0.717) is 12.1 Å². The quantitative estimate of drug-likeness (QED) is 0.434. The Labute approximate surface area is 83.1 Å². The van der Waals surface area contributed by atoms with Gasteiger partial charge in [0.1, 0.15) is 17.5 Å². The third-order valence-electron chi connectivity index (χ3n) is 1.40. The van der Waals surface area contributed by atoms with Crippen molar-refractivity contribution in [2.24, 2.45) is 21.7 Å². The highest BCUT2D eigenvalue weighted by Gasteiger charge is 2.08. The number of guanidine groups is 1. The van der Waals surface area contributed by atoms with Gasteiger partial charge in [0.15, 0.2) is 0 Å². The van der Waals surface area contributed by atoms with Crippen LogP contribution in [0, 0.1) is 17.5 Å². The number of hydrogen-bond acceptors (Lipinski definition) is 2. The first kappa shape index (κ1) is 11.0. The second-order valence-corrected chi connectivity index (χ2v) is 2.55. The summed E-state index contributed by atoms with van der Waals surface area (Å²) in [5.74, 6) is -3.53. The zero-order chi connectivity index (χ0) is 11.4. The lowest BCUT2D eigenvalue weighted by molar-refractivity contribution is 0.541. The standard InChI is InChI=1S/C8H7F3N4/c9-4-1-6(10)5(7(11)2-4)3-14-15-8(12)13/h1-3H,(H4,12,13,15). The minimum atomic E-state index is -1.08. The molecule has 0 unspecified atom stereocenters. The first-order valence-electron chi connectivity index (χ1n) is 3.77. The Hall–Kier alpha value is -2.05. The first-order valence-corrected chi connectivity index (χ1v) is 3.77. The molecule has 0 aliphatic rings. The number of hydrogen-bond donors (Lipinski definition) is 2. The molecule has 0 atom stereocenters. The average molecular weight is 216 g/mol. The van der Waals surface area contributed by atoms with Gasteiger partial charge in [0.05, 0.1) is 11.8 Å². The molecular formula is C8H7F3N4. The van der Waals surface area contributed by atoms with E-state index in [1.165, 1.54) is 0 Å². The molecule has 4 nitrogen and oxygen atoms in total. The topological polar surface area (TPSA) is 76.8 Å². The molecule has 0 heterocycles. The van der Waals surface area contributed by atoms with Crippen molar-refractivity contribution in [3.63, 3.8) is 0 Å². The zero-order valence-electron chi connectivity index (χ0n) is 7.42. The first-order chi connectivity index (χ1) is 7.00. The molecule has 0 aromatic heterocycles. The Morgan fingerprint density at radius 1 is 1.13 bits per heavy atom. The molecule has 1 aromatic rings. The molecule has 15 heavy (non-hydrogen) atoms. The lowest BCUT2D eigenvalue weighted by Crippen LogP contribution is -2.21. The van der Waals surface area contributed by atoms with Crippen LogP contribution in [0.2, 0.25) is 0 Å². The molecule has 4 N–H and O–H groups in total. The van der Waals surface area contributed by atoms with Crippen LogP contribution in [0.1, 0.15) is 5.56 Å². The summed E-state index contributed by atoms with van der Waals surface area (Å²) < 4.78 is 38.4. The van der Waals surface area contributed by atoms with E-state index in [2.05, 4.69) is 10.2 Å². The van der Waals surface area contributed by atoms with Crippen LogP contribution in [0.25, 0.3) is 0 Å². The molecule has 7 heteroatoms. The fourth-order valence-corrected chi connectivity index (χ4v) is 0.830. The third-order valence-corrected chi connectivity index (χ3v) is 1.40. The van der Waals surface area contributed by atoms with E-state index < -0.39 is 23.0 Å². The maximum atomic E-state index is 13.0. The fourth-order valence-electron chi connectivity index (χ4n) is 0.830. The summed E-state index contributed by atoms with van der Waals surface area (Å²) in [6.45, 7) is 0. The number of nitrogens with zero attached hydrogens (tertiary/aromatic N) is 2. The average Bonchev–Trinajstić information content (AvgIpc) is 2.08. The monoisotopic (exact) mass is 216 g/mol. The summed E-state index contributed by atoms with van der Waals surface area (Å²) in [5, 5.41) is 6.34. The molecule has 0 fully saturated rings. The van der Waals surface area contributed by atoms with Gasteiger partial charge in [-0.05, 0) is 0 Å². The molecule has 0 saturated heterocycles. The van der Waals surface area contributed by atoms with Crippen molar-refractivity contribution in [1.29, 1.82) is 0 Å². The van der Waals surface area contributed by atoms with Crippen LogP contribution >= 0.6 is 0 Å². The lowest BCUT2D eigenvalue weighted by atomic mass is 10.2. The second kappa shape index (κ2) is 4.45. The van der Waals surface area contributed by atoms with Crippen LogP contribution in [0.3, 0.4) is 0 Å². The molecular weight excluding hydrogens is 209 g/mol. The van der Waals surface area contributed by atoms with Crippen molar-refractivity contribution in [2.45, 2.75) is 0 Å². The molecule has 1 aromatic carbocycles. The molecule has 0 aliphatic heterocycles. The summed E-state index contributed by atoms with van der Waals surface area (Å²) in [6, 6.07) is 1.06. The summed E-state index contributed by atoms with van der Waals surface area (Å²) >= 11 is 0. The summed E-state index contributed by atoms with van der Waals surface area (Å²) in [4.78, 5) is 0. The van der Waals surface area contributed by atoms with Gasteiger partial charge < -0.3 is 11.5 Å². The van der Waals surface area contributed by atoms with E-state index in [1.807, 2.05) is 0 Å². The van der Waals surface area contributed by atoms with E-state index in [-0.39, 0.29) is 5.96 Å². The fraction of sp³-hybridized carbons (Fsp3) is 0. The summed E-state index contributed by atoms with van der Waals surface area (Å²) in [6.07, 6.45) is 0.754. The van der Waals surface area contributed by atoms with Crippen LogP contribution < -0.4 is 11.5 Å². The Morgan fingerprint density at radius 2 is 1.67 bits per heavy atom. The Kier molecular flexibility index (Phi) is 3.27. The number of benzene rings is 1. The van der Waals surface area contributed by atoms with Crippen molar-refractivity contribution >= 4 is 12.2 Å². The minimum Gasteiger partial charge on any atom is -0.369 e. The third kappa shape index (κ3) is 2.97. The van der Waals surface area contributed by atoms with E-state index in [0.717, 1.165) is 6.21 Å². The van der Waals surface area contributed by atoms with Crippen LogP contribution in [0.5, 0.6) is 0 Å². The zero-order valence-corrected chi connectivity index (χ0v) is 7.42. The molecule has 0 aliphatic carbocycles. The molecule has 80 valence electrons. The number of nitrogens with two attached hydrogens (primary N) is 2.